The van der Waals surface area contributed by atoms with Crippen LogP contribution >= 0.6 is 0 Å². The van der Waals surface area contributed by atoms with Gasteiger partial charge in [-0.25, -0.2) is 0 Å². The minimum atomic E-state index is -0.00470. The summed E-state index contributed by atoms with van der Waals surface area (Å²) < 4.78 is 15.9. The molecule has 0 aliphatic carbocycles. The van der Waals surface area contributed by atoms with Gasteiger partial charge in [-0.15, -0.1) is 0 Å². The maximum absolute atomic E-state index is 13.0. The third kappa shape index (κ3) is 3.14. The standard InChI is InChI=1S/C20H23NO4/c1-13-17-7-6-16(23-2)11-14(17)9-10-21(13)20(22)15-5-8-18(24-3)19(12-15)25-4/h5-8,11-13H,9-10H2,1-4H3. The first-order chi connectivity index (χ1) is 12.1. The lowest BCUT2D eigenvalue weighted by Gasteiger charge is -2.35. The molecule has 3 rings (SSSR count). The molecular weight excluding hydrogens is 318 g/mol. The molecule has 5 nitrogen and oxygen atoms in total. The van der Waals surface area contributed by atoms with Crippen LogP contribution in [0, 0.1) is 0 Å². The van der Waals surface area contributed by atoms with Crippen molar-refractivity contribution >= 4 is 5.91 Å². The Kier molecular flexibility index (Phi) is 4.83. The summed E-state index contributed by atoms with van der Waals surface area (Å²) in [5.74, 6) is 2.02. The van der Waals surface area contributed by atoms with E-state index in [1.165, 1.54) is 11.1 Å². The predicted molar refractivity (Wildman–Crippen MR) is 95.7 cm³/mol. The molecule has 25 heavy (non-hydrogen) atoms. The van der Waals surface area contributed by atoms with Gasteiger partial charge in [0.15, 0.2) is 11.5 Å². The summed E-state index contributed by atoms with van der Waals surface area (Å²) in [5.41, 5.74) is 3.01. The van der Waals surface area contributed by atoms with Crippen LogP contribution in [0.2, 0.25) is 0 Å². The van der Waals surface area contributed by atoms with Crippen molar-refractivity contribution in [3.05, 3.63) is 53.1 Å². The van der Waals surface area contributed by atoms with E-state index in [1.807, 2.05) is 17.0 Å². The molecule has 2 aromatic carbocycles. The van der Waals surface area contributed by atoms with E-state index in [4.69, 9.17) is 14.2 Å². The fourth-order valence-electron chi connectivity index (χ4n) is 3.35. The average molecular weight is 341 g/mol. The number of carbonyl (C=O) groups excluding carboxylic acids is 1. The highest BCUT2D eigenvalue weighted by Crippen LogP contribution is 2.34. The summed E-state index contributed by atoms with van der Waals surface area (Å²) in [7, 11) is 4.82. The Labute approximate surface area is 148 Å². The normalized spacial score (nSPS) is 16.2. The van der Waals surface area contributed by atoms with Crippen LogP contribution in [0.3, 0.4) is 0 Å². The van der Waals surface area contributed by atoms with E-state index in [9.17, 15) is 4.79 Å². The summed E-state index contributed by atoms with van der Waals surface area (Å²) in [6.45, 7) is 2.73. The quantitative estimate of drug-likeness (QED) is 0.854. The lowest BCUT2D eigenvalue weighted by atomic mass is 9.92. The Bertz CT molecular complexity index is 787. The summed E-state index contributed by atoms with van der Waals surface area (Å²) >= 11 is 0. The van der Waals surface area contributed by atoms with Crippen LogP contribution < -0.4 is 14.2 Å². The second-order valence-electron chi connectivity index (χ2n) is 6.06. The van der Waals surface area contributed by atoms with Gasteiger partial charge in [0.2, 0.25) is 0 Å². The number of hydrogen-bond acceptors (Lipinski definition) is 4. The smallest absolute Gasteiger partial charge is 0.254 e. The maximum atomic E-state index is 13.0. The highest BCUT2D eigenvalue weighted by molar-refractivity contribution is 5.95. The van der Waals surface area contributed by atoms with E-state index >= 15 is 0 Å². The molecule has 1 aliphatic rings. The molecule has 0 spiro atoms. The van der Waals surface area contributed by atoms with Crippen LogP contribution in [0.25, 0.3) is 0 Å². The summed E-state index contributed by atoms with van der Waals surface area (Å²) in [6.07, 6.45) is 0.815. The van der Waals surface area contributed by atoms with Gasteiger partial charge in [-0.1, -0.05) is 6.07 Å². The van der Waals surface area contributed by atoms with E-state index in [0.717, 1.165) is 12.2 Å². The summed E-state index contributed by atoms with van der Waals surface area (Å²) in [6, 6.07) is 11.3. The zero-order valence-electron chi connectivity index (χ0n) is 15.0. The highest BCUT2D eigenvalue weighted by Gasteiger charge is 2.29. The first-order valence-corrected chi connectivity index (χ1v) is 8.28. The molecule has 0 fully saturated rings. The number of amides is 1. The van der Waals surface area contributed by atoms with Crippen LogP contribution in [0.4, 0.5) is 0 Å². The molecule has 0 saturated heterocycles. The Balaban J connectivity index is 1.88. The number of benzene rings is 2. The van der Waals surface area contributed by atoms with Gasteiger partial charge >= 0.3 is 0 Å². The van der Waals surface area contributed by atoms with Crippen molar-refractivity contribution in [2.24, 2.45) is 0 Å². The molecule has 0 saturated carbocycles. The van der Waals surface area contributed by atoms with Crippen LogP contribution in [0.15, 0.2) is 36.4 Å². The number of fused-ring (bicyclic) bond motifs is 1. The molecule has 0 N–H and O–H groups in total. The Morgan fingerprint density at radius 2 is 1.76 bits per heavy atom. The van der Waals surface area contributed by atoms with Gasteiger partial charge in [-0.05, 0) is 54.8 Å². The number of ether oxygens (including phenoxy) is 3. The van der Waals surface area contributed by atoms with Crippen molar-refractivity contribution in [3.63, 3.8) is 0 Å². The van der Waals surface area contributed by atoms with Crippen molar-refractivity contribution in [1.29, 1.82) is 0 Å². The second-order valence-corrected chi connectivity index (χ2v) is 6.06. The minimum Gasteiger partial charge on any atom is -0.497 e. The van der Waals surface area contributed by atoms with E-state index in [1.54, 1.807) is 39.5 Å². The zero-order chi connectivity index (χ0) is 18.0. The Morgan fingerprint density at radius 3 is 2.44 bits per heavy atom. The van der Waals surface area contributed by atoms with Crippen molar-refractivity contribution in [3.8, 4) is 17.2 Å². The van der Waals surface area contributed by atoms with Crippen LogP contribution in [0.1, 0.15) is 34.5 Å². The average Bonchev–Trinajstić information content (AvgIpc) is 2.66. The minimum absolute atomic E-state index is 0.00470. The zero-order valence-corrected chi connectivity index (χ0v) is 15.0. The van der Waals surface area contributed by atoms with E-state index in [2.05, 4.69) is 13.0 Å². The third-order valence-corrected chi connectivity index (χ3v) is 4.78. The first-order valence-electron chi connectivity index (χ1n) is 8.28. The Morgan fingerprint density at radius 1 is 1.00 bits per heavy atom. The molecule has 132 valence electrons. The highest BCUT2D eigenvalue weighted by atomic mass is 16.5. The van der Waals surface area contributed by atoms with Crippen molar-refractivity contribution in [1.82, 2.24) is 4.90 Å². The van der Waals surface area contributed by atoms with Crippen molar-refractivity contribution in [2.75, 3.05) is 27.9 Å². The van der Waals surface area contributed by atoms with Gasteiger partial charge in [0.05, 0.1) is 27.4 Å². The van der Waals surface area contributed by atoms with E-state index in [-0.39, 0.29) is 11.9 Å². The topological polar surface area (TPSA) is 48.0 Å². The van der Waals surface area contributed by atoms with Crippen LogP contribution in [-0.2, 0) is 6.42 Å². The molecule has 1 amide bonds. The first kappa shape index (κ1) is 17.1. The summed E-state index contributed by atoms with van der Waals surface area (Å²) in [5, 5.41) is 0. The van der Waals surface area contributed by atoms with Crippen molar-refractivity contribution < 1.29 is 19.0 Å². The van der Waals surface area contributed by atoms with Gasteiger partial charge in [0, 0.05) is 12.1 Å². The van der Waals surface area contributed by atoms with E-state index in [0.29, 0.717) is 23.6 Å². The molecule has 1 unspecified atom stereocenters. The molecule has 0 radical (unpaired) electrons. The van der Waals surface area contributed by atoms with Crippen LogP contribution in [-0.4, -0.2) is 38.7 Å². The maximum Gasteiger partial charge on any atom is 0.254 e. The fourth-order valence-corrected chi connectivity index (χ4v) is 3.35. The Hall–Kier alpha value is -2.69. The molecule has 1 heterocycles. The van der Waals surface area contributed by atoms with Gasteiger partial charge in [0.25, 0.3) is 5.91 Å². The molecule has 2 aromatic rings. The monoisotopic (exact) mass is 341 g/mol. The predicted octanol–water partition coefficient (Wildman–Crippen LogP) is 3.47. The molecular formula is C20H23NO4. The molecule has 1 atom stereocenters. The molecule has 0 bridgehead atoms. The number of methoxy groups -OCH3 is 3. The summed E-state index contributed by atoms with van der Waals surface area (Å²) in [4.78, 5) is 14.9. The number of nitrogens with zero attached hydrogens (tertiary/aromatic N) is 1. The number of hydrogen-bond donors (Lipinski definition) is 0. The van der Waals surface area contributed by atoms with Crippen molar-refractivity contribution in [2.45, 2.75) is 19.4 Å². The fraction of sp³-hybridized carbons (Fsp3) is 0.350. The second kappa shape index (κ2) is 7.05. The lowest BCUT2D eigenvalue weighted by Crippen LogP contribution is -2.38. The van der Waals surface area contributed by atoms with Crippen LogP contribution in [0.5, 0.6) is 17.2 Å². The number of carbonyl (C=O) groups is 1. The SMILES string of the molecule is COc1ccc2c(c1)CCN(C(=O)c1ccc(OC)c(OC)c1)C2C. The van der Waals surface area contributed by atoms with Gasteiger partial charge in [-0.3, -0.25) is 4.79 Å². The van der Waals surface area contributed by atoms with Gasteiger partial charge in [0.1, 0.15) is 5.75 Å². The van der Waals surface area contributed by atoms with Gasteiger partial charge < -0.3 is 19.1 Å². The van der Waals surface area contributed by atoms with E-state index < -0.39 is 0 Å². The number of rotatable bonds is 4. The molecule has 1 aliphatic heterocycles. The molecule has 5 heteroatoms. The van der Waals surface area contributed by atoms with Gasteiger partial charge in [-0.2, -0.15) is 0 Å². The largest absolute Gasteiger partial charge is 0.497 e. The lowest BCUT2D eigenvalue weighted by molar-refractivity contribution is 0.0677. The third-order valence-electron chi connectivity index (χ3n) is 4.78. The molecule has 0 aromatic heterocycles.